The lowest BCUT2D eigenvalue weighted by Gasteiger charge is -2.29. The van der Waals surface area contributed by atoms with Crippen molar-refractivity contribution in [1.29, 1.82) is 0 Å². The molecule has 1 aromatic rings. The summed E-state index contributed by atoms with van der Waals surface area (Å²) in [6.07, 6.45) is 0. The standard InChI is InChI=1S/C19H31N3O5/c1-20(2)9-10-21(3)11-12-22(13-18(23)24)17(19(25)26)15-27-14-16-7-5-4-6-8-16/h4-8,17H,9-15H2,1-3H3,(H,23,24)(H,25,26). The van der Waals surface area contributed by atoms with Crippen molar-refractivity contribution in [1.82, 2.24) is 14.7 Å². The molecule has 0 heterocycles. The summed E-state index contributed by atoms with van der Waals surface area (Å²) >= 11 is 0. The van der Waals surface area contributed by atoms with Crippen LogP contribution in [0.3, 0.4) is 0 Å². The number of hydrogen-bond acceptors (Lipinski definition) is 6. The summed E-state index contributed by atoms with van der Waals surface area (Å²) in [7, 11) is 5.90. The molecule has 0 saturated carbocycles. The molecule has 1 unspecified atom stereocenters. The van der Waals surface area contributed by atoms with E-state index in [9.17, 15) is 14.7 Å². The molecule has 8 heteroatoms. The molecule has 0 bridgehead atoms. The molecule has 0 fully saturated rings. The van der Waals surface area contributed by atoms with E-state index in [2.05, 4.69) is 9.80 Å². The van der Waals surface area contributed by atoms with Gasteiger partial charge in [0.1, 0.15) is 6.04 Å². The number of nitrogens with zero attached hydrogens (tertiary/aromatic N) is 3. The first-order valence-corrected chi connectivity index (χ1v) is 8.93. The van der Waals surface area contributed by atoms with E-state index in [1.165, 1.54) is 4.90 Å². The van der Waals surface area contributed by atoms with Crippen LogP contribution in [0.15, 0.2) is 30.3 Å². The molecule has 0 saturated heterocycles. The van der Waals surface area contributed by atoms with Gasteiger partial charge in [0.05, 0.1) is 19.8 Å². The highest BCUT2D eigenvalue weighted by atomic mass is 16.5. The fraction of sp³-hybridized carbons (Fsp3) is 0.579. The Hall–Kier alpha value is -2.00. The van der Waals surface area contributed by atoms with E-state index in [0.717, 1.165) is 18.7 Å². The molecule has 0 aliphatic carbocycles. The molecule has 0 aliphatic heterocycles. The average molecular weight is 381 g/mol. The summed E-state index contributed by atoms with van der Waals surface area (Å²) in [4.78, 5) is 28.4. The lowest BCUT2D eigenvalue weighted by Crippen LogP contribution is -2.49. The lowest BCUT2D eigenvalue weighted by atomic mass is 10.2. The minimum atomic E-state index is -1.08. The van der Waals surface area contributed by atoms with Gasteiger partial charge < -0.3 is 24.7 Å². The van der Waals surface area contributed by atoms with Gasteiger partial charge >= 0.3 is 11.9 Å². The maximum atomic E-state index is 11.7. The van der Waals surface area contributed by atoms with Crippen molar-refractivity contribution >= 4 is 11.9 Å². The molecule has 0 aromatic heterocycles. The predicted octanol–water partition coefficient (Wildman–Crippen LogP) is 0.536. The van der Waals surface area contributed by atoms with Gasteiger partial charge in [-0.15, -0.1) is 0 Å². The second kappa shape index (κ2) is 12.4. The van der Waals surface area contributed by atoms with E-state index >= 15 is 0 Å². The van der Waals surface area contributed by atoms with Gasteiger partial charge in [0.15, 0.2) is 0 Å². The molecule has 0 radical (unpaired) electrons. The minimum Gasteiger partial charge on any atom is -0.480 e. The van der Waals surface area contributed by atoms with Crippen LogP contribution in [0, 0.1) is 0 Å². The van der Waals surface area contributed by atoms with Crippen LogP contribution >= 0.6 is 0 Å². The topological polar surface area (TPSA) is 93.5 Å². The lowest BCUT2D eigenvalue weighted by molar-refractivity contribution is -0.149. The van der Waals surface area contributed by atoms with Crippen LogP contribution in [0.5, 0.6) is 0 Å². The zero-order chi connectivity index (χ0) is 20.2. The van der Waals surface area contributed by atoms with Gasteiger partial charge in [0, 0.05) is 26.2 Å². The fourth-order valence-corrected chi connectivity index (χ4v) is 2.50. The molecule has 1 rings (SSSR count). The number of aliphatic carboxylic acids is 2. The van der Waals surface area contributed by atoms with Gasteiger partial charge in [0.25, 0.3) is 0 Å². The molecule has 1 atom stereocenters. The summed E-state index contributed by atoms with van der Waals surface area (Å²) in [6, 6.07) is 8.44. The van der Waals surface area contributed by atoms with Crippen LogP contribution in [-0.4, -0.2) is 103 Å². The zero-order valence-electron chi connectivity index (χ0n) is 16.4. The Morgan fingerprint density at radius 1 is 1.00 bits per heavy atom. The fourth-order valence-electron chi connectivity index (χ4n) is 2.50. The molecule has 1 aromatic carbocycles. The summed E-state index contributed by atoms with van der Waals surface area (Å²) in [6.45, 7) is 2.47. The van der Waals surface area contributed by atoms with E-state index < -0.39 is 18.0 Å². The van der Waals surface area contributed by atoms with Crippen LogP contribution in [0.1, 0.15) is 5.56 Å². The van der Waals surface area contributed by atoms with Crippen molar-refractivity contribution in [2.75, 3.05) is 60.5 Å². The predicted molar refractivity (Wildman–Crippen MR) is 103 cm³/mol. The Balaban J connectivity index is 2.61. The first-order chi connectivity index (χ1) is 12.8. The van der Waals surface area contributed by atoms with E-state index in [1.807, 2.05) is 51.5 Å². The Kier molecular flexibility index (Phi) is 10.6. The maximum absolute atomic E-state index is 11.7. The molecule has 0 amide bonds. The van der Waals surface area contributed by atoms with Gasteiger partial charge in [-0.05, 0) is 26.7 Å². The van der Waals surface area contributed by atoms with Gasteiger partial charge in [-0.25, -0.2) is 0 Å². The summed E-state index contributed by atoms with van der Waals surface area (Å²) in [5, 5.41) is 18.7. The second-order valence-electron chi connectivity index (χ2n) is 6.83. The number of rotatable bonds is 14. The zero-order valence-corrected chi connectivity index (χ0v) is 16.4. The number of carboxylic acid groups (broad SMARTS) is 2. The Bertz CT molecular complexity index is 568. The number of carbonyl (C=O) groups is 2. The van der Waals surface area contributed by atoms with E-state index in [4.69, 9.17) is 9.84 Å². The van der Waals surface area contributed by atoms with Crippen LogP contribution in [0.4, 0.5) is 0 Å². The smallest absolute Gasteiger partial charge is 0.323 e. The third-order valence-corrected chi connectivity index (χ3v) is 4.15. The van der Waals surface area contributed by atoms with Crippen molar-refractivity contribution in [3.8, 4) is 0 Å². The molecule has 0 aliphatic rings. The largest absolute Gasteiger partial charge is 0.480 e. The normalized spacial score (nSPS) is 12.7. The van der Waals surface area contributed by atoms with E-state index in [-0.39, 0.29) is 19.8 Å². The van der Waals surface area contributed by atoms with Crippen LogP contribution in [0.25, 0.3) is 0 Å². The third kappa shape index (κ3) is 10.0. The second-order valence-corrected chi connectivity index (χ2v) is 6.83. The molecule has 0 spiro atoms. The third-order valence-electron chi connectivity index (χ3n) is 4.15. The minimum absolute atomic E-state index is 0.0705. The maximum Gasteiger partial charge on any atom is 0.323 e. The van der Waals surface area contributed by atoms with Crippen molar-refractivity contribution in [3.63, 3.8) is 0 Å². The van der Waals surface area contributed by atoms with Crippen molar-refractivity contribution < 1.29 is 24.5 Å². The summed E-state index contributed by atoms with van der Waals surface area (Å²) < 4.78 is 5.56. The number of benzene rings is 1. The highest BCUT2D eigenvalue weighted by Gasteiger charge is 2.27. The molecule has 152 valence electrons. The Morgan fingerprint density at radius 2 is 1.63 bits per heavy atom. The monoisotopic (exact) mass is 381 g/mol. The highest BCUT2D eigenvalue weighted by molar-refractivity contribution is 5.75. The van der Waals surface area contributed by atoms with Crippen molar-refractivity contribution in [2.45, 2.75) is 12.6 Å². The van der Waals surface area contributed by atoms with Crippen LogP contribution < -0.4 is 0 Å². The molecule has 2 N–H and O–H groups in total. The van der Waals surface area contributed by atoms with Crippen molar-refractivity contribution in [2.24, 2.45) is 0 Å². The number of carboxylic acids is 2. The van der Waals surface area contributed by atoms with E-state index in [0.29, 0.717) is 13.1 Å². The average Bonchev–Trinajstić information content (AvgIpc) is 2.61. The Labute approximate surface area is 160 Å². The number of likely N-dealkylation sites (N-methyl/N-ethyl adjacent to an activating group) is 2. The van der Waals surface area contributed by atoms with Crippen molar-refractivity contribution in [3.05, 3.63) is 35.9 Å². The molecular weight excluding hydrogens is 350 g/mol. The van der Waals surface area contributed by atoms with E-state index in [1.54, 1.807) is 0 Å². The quantitative estimate of drug-likeness (QED) is 0.482. The Morgan fingerprint density at radius 3 is 2.19 bits per heavy atom. The van der Waals surface area contributed by atoms with Gasteiger partial charge in [-0.2, -0.15) is 0 Å². The van der Waals surface area contributed by atoms with Gasteiger partial charge in [-0.3, -0.25) is 14.5 Å². The first-order valence-electron chi connectivity index (χ1n) is 8.93. The number of ether oxygens (including phenoxy) is 1. The molecule has 8 nitrogen and oxygen atoms in total. The molecular formula is C19H31N3O5. The first kappa shape index (κ1) is 23.0. The SMILES string of the molecule is CN(C)CCN(C)CCN(CC(=O)O)C(COCc1ccccc1)C(=O)O. The summed E-state index contributed by atoms with van der Waals surface area (Å²) in [5.74, 6) is -2.14. The molecule has 27 heavy (non-hydrogen) atoms. The number of hydrogen-bond donors (Lipinski definition) is 2. The highest BCUT2D eigenvalue weighted by Crippen LogP contribution is 2.06. The van der Waals surface area contributed by atoms with Crippen LogP contribution in [0.2, 0.25) is 0 Å². The van der Waals surface area contributed by atoms with Gasteiger partial charge in [-0.1, -0.05) is 30.3 Å². The van der Waals surface area contributed by atoms with Gasteiger partial charge in [0.2, 0.25) is 0 Å². The van der Waals surface area contributed by atoms with Crippen LogP contribution in [-0.2, 0) is 20.9 Å². The summed E-state index contributed by atoms with van der Waals surface area (Å²) in [5.41, 5.74) is 0.940.